The van der Waals surface area contributed by atoms with E-state index in [0.717, 1.165) is 15.7 Å². The molecule has 0 aliphatic rings. The molecule has 0 saturated heterocycles. The average molecular weight is 316 g/mol. The molecule has 1 N–H and O–H groups in total. The van der Waals surface area contributed by atoms with Gasteiger partial charge >= 0.3 is 0 Å². The summed E-state index contributed by atoms with van der Waals surface area (Å²) in [7, 11) is 0. The lowest BCUT2D eigenvalue weighted by Crippen LogP contribution is -2.00. The van der Waals surface area contributed by atoms with E-state index in [1.807, 2.05) is 18.2 Å². The van der Waals surface area contributed by atoms with E-state index in [9.17, 15) is 4.39 Å². The van der Waals surface area contributed by atoms with E-state index in [1.54, 1.807) is 6.07 Å². The van der Waals surface area contributed by atoms with Gasteiger partial charge < -0.3 is 5.32 Å². The molecule has 2 aromatic rings. The van der Waals surface area contributed by atoms with Crippen LogP contribution in [0.1, 0.15) is 5.56 Å². The van der Waals surface area contributed by atoms with Crippen LogP contribution < -0.4 is 5.32 Å². The first-order chi connectivity index (χ1) is 8.15. The second-order valence-corrected chi connectivity index (χ2v) is 4.78. The maximum absolute atomic E-state index is 12.6. The van der Waals surface area contributed by atoms with Crippen molar-refractivity contribution in [1.82, 2.24) is 4.98 Å². The minimum Gasteiger partial charge on any atom is -0.380 e. The summed E-state index contributed by atoms with van der Waals surface area (Å²) >= 11 is 9.42. The van der Waals surface area contributed by atoms with Gasteiger partial charge in [0.1, 0.15) is 0 Å². The normalized spacial score (nSPS) is 10.3. The molecule has 17 heavy (non-hydrogen) atoms. The van der Waals surface area contributed by atoms with Crippen LogP contribution in [-0.2, 0) is 6.54 Å². The Kier molecular flexibility index (Phi) is 3.97. The summed E-state index contributed by atoms with van der Waals surface area (Å²) in [5.74, 6) is -0.489. The number of anilines is 1. The second-order valence-electron chi connectivity index (χ2n) is 3.46. The zero-order valence-electron chi connectivity index (χ0n) is 8.75. The molecule has 0 unspecified atom stereocenters. The predicted octanol–water partition coefficient (Wildman–Crippen LogP) is 4.25. The fourth-order valence-corrected chi connectivity index (χ4v) is 2.08. The highest BCUT2D eigenvalue weighted by atomic mass is 79.9. The fraction of sp³-hybridized carbons (Fsp3) is 0.0833. The third-order valence-corrected chi connectivity index (χ3v) is 3.07. The van der Waals surface area contributed by atoms with Gasteiger partial charge in [0, 0.05) is 16.0 Å². The SMILES string of the molecule is Fc1ccc(NCc2ccc(Br)cc2Cl)cn1. The molecule has 0 fully saturated rings. The minimum atomic E-state index is -0.489. The molecule has 0 bridgehead atoms. The summed E-state index contributed by atoms with van der Waals surface area (Å²) in [5, 5.41) is 3.80. The van der Waals surface area contributed by atoms with Crippen molar-refractivity contribution in [2.75, 3.05) is 5.32 Å². The molecule has 0 amide bonds. The van der Waals surface area contributed by atoms with Gasteiger partial charge in [0.25, 0.3) is 0 Å². The topological polar surface area (TPSA) is 24.9 Å². The van der Waals surface area contributed by atoms with Crippen LogP contribution in [0.4, 0.5) is 10.1 Å². The third-order valence-electron chi connectivity index (χ3n) is 2.23. The number of hydrogen-bond acceptors (Lipinski definition) is 2. The Hall–Kier alpha value is -1.13. The Morgan fingerprint density at radius 3 is 2.76 bits per heavy atom. The molecule has 2 nitrogen and oxygen atoms in total. The van der Waals surface area contributed by atoms with Gasteiger partial charge in [-0.05, 0) is 29.8 Å². The maximum Gasteiger partial charge on any atom is 0.212 e. The highest BCUT2D eigenvalue weighted by Crippen LogP contribution is 2.22. The van der Waals surface area contributed by atoms with E-state index >= 15 is 0 Å². The van der Waals surface area contributed by atoms with Crippen LogP contribution in [-0.4, -0.2) is 4.98 Å². The van der Waals surface area contributed by atoms with Gasteiger partial charge in [0.2, 0.25) is 5.95 Å². The van der Waals surface area contributed by atoms with Crippen LogP contribution >= 0.6 is 27.5 Å². The van der Waals surface area contributed by atoms with E-state index in [2.05, 4.69) is 26.2 Å². The number of aromatic nitrogens is 1. The van der Waals surface area contributed by atoms with Crippen molar-refractivity contribution in [2.45, 2.75) is 6.54 Å². The molecule has 0 saturated carbocycles. The molecule has 5 heteroatoms. The lowest BCUT2D eigenvalue weighted by atomic mass is 10.2. The zero-order chi connectivity index (χ0) is 12.3. The van der Waals surface area contributed by atoms with Crippen LogP contribution in [0.25, 0.3) is 0 Å². The number of rotatable bonds is 3. The first kappa shape index (κ1) is 12.3. The number of pyridine rings is 1. The number of nitrogens with zero attached hydrogens (tertiary/aromatic N) is 1. The van der Waals surface area contributed by atoms with Crippen molar-refractivity contribution in [3.05, 3.63) is 57.5 Å². The Morgan fingerprint density at radius 1 is 1.29 bits per heavy atom. The van der Waals surface area contributed by atoms with E-state index in [1.165, 1.54) is 12.3 Å². The second kappa shape index (κ2) is 5.47. The number of benzene rings is 1. The van der Waals surface area contributed by atoms with Gasteiger partial charge in [-0.2, -0.15) is 4.39 Å². The zero-order valence-corrected chi connectivity index (χ0v) is 11.1. The minimum absolute atomic E-state index is 0.489. The Labute approximate surface area is 112 Å². The van der Waals surface area contributed by atoms with Gasteiger partial charge in [-0.25, -0.2) is 4.98 Å². The molecular formula is C12H9BrClFN2. The molecule has 2 rings (SSSR count). The Balaban J connectivity index is 2.04. The molecule has 0 aliphatic heterocycles. The van der Waals surface area contributed by atoms with Crippen molar-refractivity contribution in [3.63, 3.8) is 0 Å². The van der Waals surface area contributed by atoms with Crippen molar-refractivity contribution >= 4 is 33.2 Å². The van der Waals surface area contributed by atoms with Crippen molar-refractivity contribution in [3.8, 4) is 0 Å². The Bertz CT molecular complexity index is 516. The summed E-state index contributed by atoms with van der Waals surface area (Å²) in [6.45, 7) is 0.569. The molecule has 0 aliphatic carbocycles. The highest BCUT2D eigenvalue weighted by molar-refractivity contribution is 9.10. The third kappa shape index (κ3) is 3.41. The molecule has 0 spiro atoms. The summed E-state index contributed by atoms with van der Waals surface area (Å²) in [6.07, 6.45) is 1.45. The maximum atomic E-state index is 12.6. The number of halogens is 3. The number of nitrogens with one attached hydrogen (secondary N) is 1. The van der Waals surface area contributed by atoms with E-state index in [0.29, 0.717) is 11.6 Å². The average Bonchev–Trinajstić information content (AvgIpc) is 2.30. The smallest absolute Gasteiger partial charge is 0.212 e. The van der Waals surface area contributed by atoms with Gasteiger partial charge in [-0.3, -0.25) is 0 Å². The molecule has 1 heterocycles. The summed E-state index contributed by atoms with van der Waals surface area (Å²) in [6, 6.07) is 8.63. The summed E-state index contributed by atoms with van der Waals surface area (Å²) in [4.78, 5) is 3.56. The lowest BCUT2D eigenvalue weighted by molar-refractivity contribution is 0.584. The summed E-state index contributed by atoms with van der Waals surface area (Å²) in [5.41, 5.74) is 1.73. The first-order valence-corrected chi connectivity index (χ1v) is 6.11. The molecule has 0 radical (unpaired) electrons. The van der Waals surface area contributed by atoms with Crippen LogP contribution in [0.3, 0.4) is 0 Å². The molecule has 88 valence electrons. The van der Waals surface area contributed by atoms with Gasteiger partial charge in [0.15, 0.2) is 0 Å². The quantitative estimate of drug-likeness (QED) is 0.857. The van der Waals surface area contributed by atoms with E-state index in [4.69, 9.17) is 11.6 Å². The summed E-state index contributed by atoms with van der Waals surface area (Å²) < 4.78 is 13.5. The van der Waals surface area contributed by atoms with Crippen LogP contribution in [0.15, 0.2) is 41.0 Å². The highest BCUT2D eigenvalue weighted by Gasteiger charge is 2.01. The predicted molar refractivity (Wildman–Crippen MR) is 70.7 cm³/mol. The molecule has 1 aromatic carbocycles. The van der Waals surface area contributed by atoms with Crippen LogP contribution in [0, 0.1) is 5.95 Å². The molecule has 1 aromatic heterocycles. The Morgan fingerprint density at radius 2 is 2.12 bits per heavy atom. The van der Waals surface area contributed by atoms with Crippen molar-refractivity contribution in [2.24, 2.45) is 0 Å². The van der Waals surface area contributed by atoms with Gasteiger partial charge in [0.05, 0.1) is 11.9 Å². The molecular weight excluding hydrogens is 307 g/mol. The van der Waals surface area contributed by atoms with Crippen molar-refractivity contribution in [1.29, 1.82) is 0 Å². The van der Waals surface area contributed by atoms with Crippen molar-refractivity contribution < 1.29 is 4.39 Å². The molecule has 0 atom stereocenters. The van der Waals surface area contributed by atoms with Gasteiger partial charge in [-0.1, -0.05) is 33.6 Å². The largest absolute Gasteiger partial charge is 0.380 e. The number of hydrogen-bond donors (Lipinski definition) is 1. The lowest BCUT2D eigenvalue weighted by Gasteiger charge is -2.07. The first-order valence-electron chi connectivity index (χ1n) is 4.94. The van der Waals surface area contributed by atoms with Crippen LogP contribution in [0.2, 0.25) is 5.02 Å². The van der Waals surface area contributed by atoms with E-state index < -0.39 is 5.95 Å². The monoisotopic (exact) mass is 314 g/mol. The fourth-order valence-electron chi connectivity index (χ4n) is 1.34. The van der Waals surface area contributed by atoms with Crippen LogP contribution in [0.5, 0.6) is 0 Å². The standard InChI is InChI=1S/C12H9BrClFN2/c13-9-2-1-8(11(14)5-9)6-16-10-3-4-12(15)17-7-10/h1-5,7,16H,6H2. The van der Waals surface area contributed by atoms with E-state index in [-0.39, 0.29) is 0 Å². The van der Waals surface area contributed by atoms with Gasteiger partial charge in [-0.15, -0.1) is 0 Å².